The number of hydrogen-bond donors (Lipinski definition) is 1. The van der Waals surface area contributed by atoms with Gasteiger partial charge in [0.1, 0.15) is 0 Å². The molecule has 4 nitrogen and oxygen atoms in total. The van der Waals surface area contributed by atoms with E-state index in [-0.39, 0.29) is 11.1 Å². The Morgan fingerprint density at radius 1 is 1.38 bits per heavy atom. The summed E-state index contributed by atoms with van der Waals surface area (Å²) in [6.07, 6.45) is 4.52. The van der Waals surface area contributed by atoms with Crippen LogP contribution in [0.25, 0.3) is 0 Å². The molecule has 1 atom stereocenters. The van der Waals surface area contributed by atoms with Crippen LogP contribution in [0.3, 0.4) is 0 Å². The Morgan fingerprint density at radius 2 is 2.14 bits per heavy atom. The van der Waals surface area contributed by atoms with E-state index in [1.807, 2.05) is 6.07 Å². The van der Waals surface area contributed by atoms with E-state index in [1.165, 1.54) is 18.4 Å². The van der Waals surface area contributed by atoms with Crippen LogP contribution in [0.2, 0.25) is 0 Å². The number of hydrogen-bond acceptors (Lipinski definition) is 4. The number of ether oxygens (including phenoxy) is 1. The topological polar surface area (TPSA) is 37.4 Å². The predicted molar refractivity (Wildman–Crippen MR) is 84.4 cm³/mol. The largest absolute Gasteiger partial charge is 0.481 e. The van der Waals surface area contributed by atoms with Gasteiger partial charge in [-0.3, -0.25) is 4.90 Å². The summed E-state index contributed by atoms with van der Waals surface area (Å²) in [4.78, 5) is 6.98. The smallest absolute Gasteiger partial charge is 0.217 e. The van der Waals surface area contributed by atoms with Gasteiger partial charge in [-0.05, 0) is 45.6 Å². The van der Waals surface area contributed by atoms with Crippen molar-refractivity contribution in [2.24, 2.45) is 5.92 Å². The van der Waals surface area contributed by atoms with E-state index in [1.54, 1.807) is 13.3 Å². The maximum absolute atomic E-state index is 5.43. The van der Waals surface area contributed by atoms with E-state index in [9.17, 15) is 0 Å². The Hall–Kier alpha value is -1.13. The highest BCUT2D eigenvalue weighted by molar-refractivity contribution is 5.26. The second-order valence-electron chi connectivity index (χ2n) is 7.40. The lowest BCUT2D eigenvalue weighted by Crippen LogP contribution is -2.67. The van der Waals surface area contributed by atoms with Gasteiger partial charge in [0.05, 0.1) is 7.11 Å². The third-order valence-electron chi connectivity index (χ3n) is 5.09. The lowest BCUT2D eigenvalue weighted by atomic mass is 9.85. The van der Waals surface area contributed by atoms with Crippen molar-refractivity contribution in [2.75, 3.05) is 20.2 Å². The van der Waals surface area contributed by atoms with Crippen LogP contribution in [-0.4, -0.2) is 41.2 Å². The van der Waals surface area contributed by atoms with Gasteiger partial charge < -0.3 is 10.1 Å². The first-order valence-corrected chi connectivity index (χ1v) is 7.92. The Labute approximate surface area is 127 Å². The van der Waals surface area contributed by atoms with Crippen LogP contribution in [0.1, 0.15) is 39.2 Å². The molecule has 3 rings (SSSR count). The van der Waals surface area contributed by atoms with Crippen molar-refractivity contribution in [1.29, 1.82) is 0 Å². The highest BCUT2D eigenvalue weighted by Gasteiger charge is 2.49. The standard InChI is InChI=1S/C17H27N3O/c1-16(2)12-20(17(3,11-19-16)14-7-8-14)10-13-6-5-9-18-15(13)21-4/h5-6,9,14,19H,7-8,10-12H2,1-4H3. The Balaban J connectivity index is 1.85. The van der Waals surface area contributed by atoms with Gasteiger partial charge in [-0.25, -0.2) is 4.98 Å². The average Bonchev–Trinajstić information content (AvgIpc) is 3.28. The molecule has 0 spiro atoms. The van der Waals surface area contributed by atoms with E-state index in [0.717, 1.165) is 31.4 Å². The molecule has 1 saturated carbocycles. The van der Waals surface area contributed by atoms with Gasteiger partial charge in [-0.2, -0.15) is 0 Å². The summed E-state index contributed by atoms with van der Waals surface area (Å²) in [6.45, 7) is 10.0. The number of methoxy groups -OCH3 is 1. The molecule has 2 heterocycles. The van der Waals surface area contributed by atoms with E-state index < -0.39 is 0 Å². The molecule has 1 saturated heterocycles. The number of nitrogens with one attached hydrogen (secondary N) is 1. The Bertz CT molecular complexity index is 513. The molecule has 1 aliphatic heterocycles. The molecule has 0 radical (unpaired) electrons. The minimum atomic E-state index is 0.157. The third kappa shape index (κ3) is 2.92. The van der Waals surface area contributed by atoms with Crippen LogP contribution in [0.15, 0.2) is 18.3 Å². The fourth-order valence-corrected chi connectivity index (χ4v) is 3.52. The quantitative estimate of drug-likeness (QED) is 0.924. The predicted octanol–water partition coefficient (Wildman–Crippen LogP) is 2.44. The molecule has 0 amide bonds. The molecule has 4 heteroatoms. The van der Waals surface area contributed by atoms with E-state index in [2.05, 4.69) is 42.0 Å². The summed E-state index contributed by atoms with van der Waals surface area (Å²) in [7, 11) is 1.70. The number of piperazine rings is 1. The number of aromatic nitrogens is 1. The number of pyridine rings is 1. The zero-order chi connectivity index (χ0) is 15.1. The molecule has 0 aromatic carbocycles. The molecule has 1 aliphatic carbocycles. The highest BCUT2D eigenvalue weighted by atomic mass is 16.5. The summed E-state index contributed by atoms with van der Waals surface area (Å²) < 4.78 is 5.43. The van der Waals surface area contributed by atoms with Crippen LogP contribution in [-0.2, 0) is 6.54 Å². The molecule has 0 bridgehead atoms. The monoisotopic (exact) mass is 289 g/mol. The molecule has 21 heavy (non-hydrogen) atoms. The highest BCUT2D eigenvalue weighted by Crippen LogP contribution is 2.45. The van der Waals surface area contributed by atoms with Crippen LogP contribution in [0.5, 0.6) is 5.88 Å². The van der Waals surface area contributed by atoms with Crippen molar-refractivity contribution in [3.63, 3.8) is 0 Å². The van der Waals surface area contributed by atoms with Crippen LogP contribution in [0.4, 0.5) is 0 Å². The molecular weight excluding hydrogens is 262 g/mol. The van der Waals surface area contributed by atoms with Gasteiger partial charge in [0, 0.05) is 42.5 Å². The second kappa shape index (κ2) is 5.25. The number of rotatable bonds is 4. The zero-order valence-corrected chi connectivity index (χ0v) is 13.6. The van der Waals surface area contributed by atoms with Gasteiger partial charge in [-0.15, -0.1) is 0 Å². The molecule has 1 N–H and O–H groups in total. The average molecular weight is 289 g/mol. The molecule has 116 valence electrons. The molecule has 1 aromatic rings. The SMILES string of the molecule is COc1ncccc1CN1CC(C)(C)NCC1(C)C1CC1. The van der Waals surface area contributed by atoms with Crippen molar-refractivity contribution < 1.29 is 4.74 Å². The molecule has 2 aliphatic rings. The van der Waals surface area contributed by atoms with Gasteiger partial charge in [0.25, 0.3) is 0 Å². The van der Waals surface area contributed by atoms with Gasteiger partial charge in [0.2, 0.25) is 5.88 Å². The minimum absolute atomic E-state index is 0.157. The fourth-order valence-electron chi connectivity index (χ4n) is 3.52. The summed E-state index contributed by atoms with van der Waals surface area (Å²) >= 11 is 0. The lowest BCUT2D eigenvalue weighted by Gasteiger charge is -2.52. The number of nitrogens with zero attached hydrogens (tertiary/aromatic N) is 2. The van der Waals surface area contributed by atoms with Gasteiger partial charge in [-0.1, -0.05) is 6.07 Å². The third-order valence-corrected chi connectivity index (χ3v) is 5.09. The van der Waals surface area contributed by atoms with Crippen molar-refractivity contribution in [3.8, 4) is 5.88 Å². The van der Waals surface area contributed by atoms with E-state index in [0.29, 0.717) is 0 Å². The summed E-state index contributed by atoms with van der Waals surface area (Å²) in [5.41, 5.74) is 1.59. The van der Waals surface area contributed by atoms with Crippen molar-refractivity contribution in [1.82, 2.24) is 15.2 Å². The summed E-state index contributed by atoms with van der Waals surface area (Å²) in [5.74, 6) is 1.58. The summed E-state index contributed by atoms with van der Waals surface area (Å²) in [6, 6.07) is 4.13. The summed E-state index contributed by atoms with van der Waals surface area (Å²) in [5, 5.41) is 3.73. The maximum atomic E-state index is 5.43. The molecular formula is C17H27N3O. The first-order valence-electron chi connectivity index (χ1n) is 7.92. The molecule has 1 unspecified atom stereocenters. The second-order valence-corrected chi connectivity index (χ2v) is 7.40. The van der Waals surface area contributed by atoms with Crippen molar-refractivity contribution in [2.45, 2.75) is 51.2 Å². The normalized spacial score (nSPS) is 29.3. The zero-order valence-electron chi connectivity index (χ0n) is 13.6. The Kier molecular flexibility index (Phi) is 3.70. The van der Waals surface area contributed by atoms with E-state index in [4.69, 9.17) is 4.74 Å². The van der Waals surface area contributed by atoms with Gasteiger partial charge in [0.15, 0.2) is 0 Å². The first-order chi connectivity index (χ1) is 9.94. The van der Waals surface area contributed by atoms with Crippen molar-refractivity contribution >= 4 is 0 Å². The van der Waals surface area contributed by atoms with E-state index >= 15 is 0 Å². The van der Waals surface area contributed by atoms with Crippen LogP contribution in [0, 0.1) is 5.92 Å². The van der Waals surface area contributed by atoms with Crippen LogP contribution >= 0.6 is 0 Å². The Morgan fingerprint density at radius 3 is 2.81 bits per heavy atom. The van der Waals surface area contributed by atoms with Gasteiger partial charge >= 0.3 is 0 Å². The molecule has 2 fully saturated rings. The van der Waals surface area contributed by atoms with Crippen LogP contribution < -0.4 is 10.1 Å². The first kappa shape index (κ1) is 14.8. The lowest BCUT2D eigenvalue weighted by molar-refractivity contribution is 0.00464. The minimum Gasteiger partial charge on any atom is -0.481 e. The maximum Gasteiger partial charge on any atom is 0.217 e. The fraction of sp³-hybridized carbons (Fsp3) is 0.706. The van der Waals surface area contributed by atoms with Crippen molar-refractivity contribution in [3.05, 3.63) is 23.9 Å². The molecule has 1 aromatic heterocycles.